The van der Waals surface area contributed by atoms with Crippen LogP contribution in [0, 0.1) is 23.0 Å². The Labute approximate surface area is 162 Å². The maximum atomic E-state index is 13.7. The molecule has 0 aliphatic heterocycles. The van der Waals surface area contributed by atoms with E-state index in [1.807, 2.05) is 0 Å². The second kappa shape index (κ2) is 8.14. The molecule has 0 aliphatic rings. The van der Waals surface area contributed by atoms with Crippen LogP contribution in [0.2, 0.25) is 0 Å². The number of hydrogen-bond donors (Lipinski definition) is 0. The van der Waals surface area contributed by atoms with Crippen molar-refractivity contribution in [3.63, 3.8) is 0 Å². The molecule has 1 aromatic heterocycles. The highest BCUT2D eigenvalue weighted by Crippen LogP contribution is 2.22. The van der Waals surface area contributed by atoms with Crippen molar-refractivity contribution >= 4 is 15.9 Å². The lowest BCUT2D eigenvalue weighted by atomic mass is 10.1. The van der Waals surface area contributed by atoms with Crippen molar-refractivity contribution in [2.24, 2.45) is 0 Å². The van der Waals surface area contributed by atoms with E-state index in [0.29, 0.717) is 5.56 Å². The third-order valence-electron chi connectivity index (χ3n) is 3.95. The summed E-state index contributed by atoms with van der Waals surface area (Å²) in [6.45, 7) is 0.0828. The Kier molecular flexibility index (Phi) is 5.67. The molecule has 3 rings (SSSR count). The van der Waals surface area contributed by atoms with Gasteiger partial charge in [-0.15, -0.1) is 0 Å². The fourth-order valence-corrected chi connectivity index (χ4v) is 2.99. The van der Waals surface area contributed by atoms with E-state index >= 15 is 0 Å². The molecule has 3 aromatic rings. The Morgan fingerprint density at radius 2 is 1.89 bits per heavy atom. The van der Waals surface area contributed by atoms with Crippen LogP contribution in [0.4, 0.5) is 8.78 Å². The average Bonchev–Trinajstić information content (AvgIpc) is 2.66. The van der Waals surface area contributed by atoms with Crippen LogP contribution in [0.15, 0.2) is 64.0 Å². The highest BCUT2D eigenvalue weighted by molar-refractivity contribution is 9.10. The van der Waals surface area contributed by atoms with E-state index < -0.39 is 11.6 Å². The molecule has 4 nitrogen and oxygen atoms in total. The first-order valence-electron chi connectivity index (χ1n) is 7.93. The first-order valence-corrected chi connectivity index (χ1v) is 8.72. The van der Waals surface area contributed by atoms with E-state index in [1.165, 1.54) is 16.8 Å². The highest BCUT2D eigenvalue weighted by Gasteiger charge is 2.12. The van der Waals surface area contributed by atoms with Crippen molar-refractivity contribution in [1.82, 2.24) is 4.57 Å². The van der Waals surface area contributed by atoms with Gasteiger partial charge >= 0.3 is 0 Å². The van der Waals surface area contributed by atoms with Gasteiger partial charge in [0.05, 0.1) is 18.2 Å². The lowest BCUT2D eigenvalue weighted by Crippen LogP contribution is -2.21. The summed E-state index contributed by atoms with van der Waals surface area (Å²) in [5, 5.41) is 9.16. The summed E-state index contributed by atoms with van der Waals surface area (Å²) in [5.41, 5.74) is 1.04. The van der Waals surface area contributed by atoms with E-state index in [2.05, 4.69) is 22.0 Å². The maximum absolute atomic E-state index is 13.7. The molecule has 2 aromatic carbocycles. The smallest absolute Gasteiger partial charge is 0.268 e. The van der Waals surface area contributed by atoms with Crippen molar-refractivity contribution in [3.05, 3.63) is 97.9 Å². The van der Waals surface area contributed by atoms with E-state index in [0.717, 1.165) is 17.7 Å². The molecule has 0 unspecified atom stereocenters. The molecular formula is C20H13BrF2N2O2. The second-order valence-electron chi connectivity index (χ2n) is 5.72. The molecule has 0 atom stereocenters. The van der Waals surface area contributed by atoms with Gasteiger partial charge in [-0.25, -0.2) is 8.78 Å². The van der Waals surface area contributed by atoms with Gasteiger partial charge in [-0.2, -0.15) is 5.26 Å². The Balaban J connectivity index is 1.81. The minimum atomic E-state index is -0.715. The van der Waals surface area contributed by atoms with Gasteiger partial charge < -0.3 is 9.30 Å². The topological polar surface area (TPSA) is 55.0 Å². The van der Waals surface area contributed by atoms with E-state index in [-0.39, 0.29) is 34.5 Å². The molecule has 7 heteroatoms. The van der Waals surface area contributed by atoms with Crippen molar-refractivity contribution in [2.45, 2.75) is 13.2 Å². The van der Waals surface area contributed by atoms with Gasteiger partial charge in [0.15, 0.2) is 0 Å². The molecule has 27 heavy (non-hydrogen) atoms. The Bertz CT molecular complexity index is 1090. The van der Waals surface area contributed by atoms with E-state index in [9.17, 15) is 13.6 Å². The fraction of sp³-hybridized carbons (Fsp3) is 0.100. The number of rotatable bonds is 5. The van der Waals surface area contributed by atoms with Crippen LogP contribution in [-0.2, 0) is 13.2 Å². The Morgan fingerprint density at radius 3 is 2.63 bits per heavy atom. The van der Waals surface area contributed by atoms with Gasteiger partial charge in [0, 0.05) is 17.8 Å². The van der Waals surface area contributed by atoms with Gasteiger partial charge in [-0.1, -0.05) is 18.2 Å². The molecular weight excluding hydrogens is 418 g/mol. The van der Waals surface area contributed by atoms with E-state index in [1.54, 1.807) is 30.3 Å². The molecule has 1 heterocycles. The Morgan fingerprint density at radius 1 is 1.11 bits per heavy atom. The first-order chi connectivity index (χ1) is 13.0. The summed E-state index contributed by atoms with van der Waals surface area (Å²) in [6.07, 6.45) is 1.54. The molecule has 0 bridgehead atoms. The lowest BCUT2D eigenvalue weighted by molar-refractivity contribution is 0.296. The number of benzene rings is 2. The number of pyridine rings is 1. The molecule has 0 aliphatic carbocycles. The number of aromatic nitrogens is 1. The number of nitriles is 1. The zero-order valence-electron chi connectivity index (χ0n) is 14.0. The van der Waals surface area contributed by atoms with Crippen LogP contribution in [0.5, 0.6) is 5.75 Å². The predicted octanol–water partition coefficient (Wildman–Crippen LogP) is 4.39. The summed E-state index contributed by atoms with van der Waals surface area (Å²) < 4.78 is 33.8. The van der Waals surface area contributed by atoms with Gasteiger partial charge in [0.2, 0.25) is 0 Å². The van der Waals surface area contributed by atoms with Crippen LogP contribution in [0.3, 0.4) is 0 Å². The molecule has 0 spiro atoms. The van der Waals surface area contributed by atoms with Crippen molar-refractivity contribution in [1.29, 1.82) is 5.26 Å². The zero-order valence-corrected chi connectivity index (χ0v) is 15.5. The quantitative estimate of drug-likeness (QED) is 0.603. The van der Waals surface area contributed by atoms with Gasteiger partial charge in [0.1, 0.15) is 28.5 Å². The van der Waals surface area contributed by atoms with Crippen molar-refractivity contribution in [2.75, 3.05) is 0 Å². The van der Waals surface area contributed by atoms with Gasteiger partial charge in [-0.05, 0) is 45.8 Å². The standard InChI is InChI=1S/C20H13BrF2N2O2/c21-19-18(27-12-15-5-6-16(22)9-17(15)23)7-8-25(20(19)26)11-14-4-2-1-3-13(14)10-24/h1-9H,11-12H2. The van der Waals surface area contributed by atoms with Crippen LogP contribution in [-0.4, -0.2) is 4.57 Å². The van der Waals surface area contributed by atoms with Crippen LogP contribution in [0.1, 0.15) is 16.7 Å². The maximum Gasteiger partial charge on any atom is 0.268 e. The van der Waals surface area contributed by atoms with Crippen LogP contribution >= 0.6 is 15.9 Å². The molecule has 136 valence electrons. The zero-order chi connectivity index (χ0) is 19.4. The highest BCUT2D eigenvalue weighted by atomic mass is 79.9. The molecule has 0 saturated carbocycles. The summed E-state index contributed by atoms with van der Waals surface area (Å²) >= 11 is 3.21. The summed E-state index contributed by atoms with van der Waals surface area (Å²) in [7, 11) is 0. The molecule has 0 amide bonds. The number of hydrogen-bond acceptors (Lipinski definition) is 3. The largest absolute Gasteiger partial charge is 0.487 e. The van der Waals surface area contributed by atoms with Crippen LogP contribution < -0.4 is 10.3 Å². The summed E-state index contributed by atoms with van der Waals surface area (Å²) in [4.78, 5) is 12.5. The third kappa shape index (κ3) is 4.23. The SMILES string of the molecule is N#Cc1ccccc1Cn1ccc(OCc2ccc(F)cc2F)c(Br)c1=O. The second-order valence-corrected chi connectivity index (χ2v) is 6.51. The van der Waals surface area contributed by atoms with E-state index in [4.69, 9.17) is 10.00 Å². The minimum Gasteiger partial charge on any atom is -0.487 e. The fourth-order valence-electron chi connectivity index (χ4n) is 2.51. The monoisotopic (exact) mass is 430 g/mol. The van der Waals surface area contributed by atoms with Crippen molar-refractivity contribution in [3.8, 4) is 11.8 Å². The molecule has 0 N–H and O–H groups in total. The average molecular weight is 431 g/mol. The third-order valence-corrected chi connectivity index (χ3v) is 4.68. The van der Waals surface area contributed by atoms with Crippen molar-refractivity contribution < 1.29 is 13.5 Å². The molecule has 0 fully saturated rings. The molecule has 0 saturated heterocycles. The lowest BCUT2D eigenvalue weighted by Gasteiger charge is -2.12. The van der Waals surface area contributed by atoms with Gasteiger partial charge in [0.25, 0.3) is 5.56 Å². The number of halogens is 3. The predicted molar refractivity (Wildman–Crippen MR) is 99.4 cm³/mol. The molecule has 0 radical (unpaired) electrons. The minimum absolute atomic E-state index is 0.147. The van der Waals surface area contributed by atoms with Gasteiger partial charge in [-0.3, -0.25) is 4.79 Å². The summed E-state index contributed by atoms with van der Waals surface area (Å²) in [6, 6.07) is 13.9. The first kappa shape index (κ1) is 18.8. The Hall–Kier alpha value is -2.98. The summed E-state index contributed by atoms with van der Waals surface area (Å²) in [5.74, 6) is -1.14. The van der Waals surface area contributed by atoms with Crippen LogP contribution in [0.25, 0.3) is 0 Å². The number of nitrogens with zero attached hydrogens (tertiary/aromatic N) is 2. The normalized spacial score (nSPS) is 10.4. The number of ether oxygens (including phenoxy) is 1.